The second-order valence-electron chi connectivity index (χ2n) is 5.02. The van der Waals surface area contributed by atoms with Crippen LogP contribution in [0.15, 0.2) is 42.5 Å². The van der Waals surface area contributed by atoms with Crippen LogP contribution in [0, 0.1) is 11.6 Å². The predicted molar refractivity (Wildman–Crippen MR) is 83.2 cm³/mol. The molecule has 3 aromatic rings. The topological polar surface area (TPSA) is 81.9 Å². The summed E-state index contributed by atoms with van der Waals surface area (Å²) in [6.07, 6.45) is 0. The van der Waals surface area contributed by atoms with Crippen LogP contribution in [-0.2, 0) is 6.54 Å². The van der Waals surface area contributed by atoms with Crippen LogP contribution in [-0.4, -0.2) is 33.2 Å². The van der Waals surface area contributed by atoms with Crippen LogP contribution in [0.2, 0.25) is 0 Å². The van der Waals surface area contributed by atoms with Crippen molar-refractivity contribution in [2.75, 3.05) is 7.11 Å². The van der Waals surface area contributed by atoms with E-state index in [1.54, 1.807) is 24.3 Å². The number of tetrazole rings is 1. The molecule has 0 bridgehead atoms. The Morgan fingerprint density at radius 3 is 2.80 bits per heavy atom. The smallest absolute Gasteiger partial charge is 0.251 e. The van der Waals surface area contributed by atoms with E-state index in [9.17, 15) is 13.6 Å². The molecular formula is C16H13F2N5O2. The van der Waals surface area contributed by atoms with Gasteiger partial charge in [-0.2, -0.15) is 4.68 Å². The van der Waals surface area contributed by atoms with Crippen molar-refractivity contribution >= 4 is 5.91 Å². The third-order valence-corrected chi connectivity index (χ3v) is 3.42. The molecule has 2 aromatic carbocycles. The maximum atomic E-state index is 13.4. The lowest BCUT2D eigenvalue weighted by Crippen LogP contribution is -2.24. The minimum absolute atomic E-state index is 0.00202. The number of halogens is 2. The fraction of sp³-hybridized carbons (Fsp3) is 0.125. The summed E-state index contributed by atoms with van der Waals surface area (Å²) in [7, 11) is 1.51. The van der Waals surface area contributed by atoms with Gasteiger partial charge in [0.15, 0.2) is 17.5 Å². The highest BCUT2D eigenvalue weighted by Gasteiger charge is 2.13. The van der Waals surface area contributed by atoms with Crippen LogP contribution >= 0.6 is 0 Å². The number of methoxy groups -OCH3 is 1. The Kier molecular flexibility index (Phi) is 4.64. The van der Waals surface area contributed by atoms with E-state index in [0.717, 1.165) is 12.1 Å². The van der Waals surface area contributed by atoms with Crippen LogP contribution in [0.5, 0.6) is 5.75 Å². The number of hydrogen-bond acceptors (Lipinski definition) is 5. The number of rotatable bonds is 5. The van der Waals surface area contributed by atoms with Crippen molar-refractivity contribution < 1.29 is 18.3 Å². The minimum atomic E-state index is -1.01. The molecule has 0 aliphatic rings. The normalized spacial score (nSPS) is 10.5. The van der Waals surface area contributed by atoms with E-state index in [1.807, 2.05) is 0 Å². The summed E-state index contributed by atoms with van der Waals surface area (Å²) in [6, 6.07) is 9.93. The van der Waals surface area contributed by atoms with Gasteiger partial charge in [-0.25, -0.2) is 8.78 Å². The van der Waals surface area contributed by atoms with Gasteiger partial charge in [-0.05, 0) is 40.8 Å². The van der Waals surface area contributed by atoms with Gasteiger partial charge in [0.05, 0.1) is 19.3 Å². The lowest BCUT2D eigenvalue weighted by atomic mass is 10.2. The second-order valence-corrected chi connectivity index (χ2v) is 5.02. The summed E-state index contributed by atoms with van der Waals surface area (Å²) >= 11 is 0. The van der Waals surface area contributed by atoms with E-state index in [1.165, 1.54) is 17.9 Å². The molecule has 3 rings (SSSR count). The number of ether oxygens (including phenoxy) is 1. The molecule has 0 atom stereocenters. The van der Waals surface area contributed by atoms with Crippen LogP contribution < -0.4 is 10.1 Å². The molecule has 0 unspecified atom stereocenters. The van der Waals surface area contributed by atoms with Gasteiger partial charge in [0, 0.05) is 11.6 Å². The highest BCUT2D eigenvalue weighted by Crippen LogP contribution is 2.14. The fourth-order valence-corrected chi connectivity index (χ4v) is 2.16. The van der Waals surface area contributed by atoms with Crippen molar-refractivity contribution in [2.24, 2.45) is 0 Å². The van der Waals surface area contributed by atoms with E-state index in [4.69, 9.17) is 4.74 Å². The van der Waals surface area contributed by atoms with Gasteiger partial charge in [-0.3, -0.25) is 4.79 Å². The molecule has 0 fully saturated rings. The largest absolute Gasteiger partial charge is 0.497 e. The summed E-state index contributed by atoms with van der Waals surface area (Å²) < 4.78 is 32.7. The highest BCUT2D eigenvalue weighted by atomic mass is 19.2. The van der Waals surface area contributed by atoms with Gasteiger partial charge in [-0.1, -0.05) is 6.07 Å². The Hall–Kier alpha value is -3.36. The zero-order chi connectivity index (χ0) is 17.8. The lowest BCUT2D eigenvalue weighted by molar-refractivity contribution is 0.0949. The Morgan fingerprint density at radius 2 is 2.04 bits per heavy atom. The summed E-state index contributed by atoms with van der Waals surface area (Å²) in [5.74, 6) is -1.51. The molecule has 0 aliphatic heterocycles. The van der Waals surface area contributed by atoms with Crippen molar-refractivity contribution in [2.45, 2.75) is 6.54 Å². The van der Waals surface area contributed by atoms with Crippen LogP contribution in [0.25, 0.3) is 5.69 Å². The number of amides is 1. The molecule has 25 heavy (non-hydrogen) atoms. The standard InChI is InChI=1S/C16H13F2N5O2/c1-25-12-4-2-3-10(7-12)16(24)19-9-15-20-21-22-23(15)11-5-6-13(17)14(18)8-11/h2-8H,9H2,1H3,(H,19,24). The summed E-state index contributed by atoms with van der Waals surface area (Å²) in [6.45, 7) is 0.00202. The van der Waals surface area contributed by atoms with E-state index >= 15 is 0 Å². The third kappa shape index (κ3) is 3.60. The molecule has 1 heterocycles. The number of nitrogens with zero attached hydrogens (tertiary/aromatic N) is 4. The maximum Gasteiger partial charge on any atom is 0.251 e. The number of hydrogen-bond donors (Lipinski definition) is 1. The number of carbonyl (C=O) groups excluding carboxylic acids is 1. The SMILES string of the molecule is COc1cccc(C(=O)NCc2nnnn2-c2ccc(F)c(F)c2)c1. The molecule has 1 amide bonds. The number of aromatic nitrogens is 4. The molecule has 7 nitrogen and oxygen atoms in total. The monoisotopic (exact) mass is 345 g/mol. The van der Waals surface area contributed by atoms with Crippen LogP contribution in [0.4, 0.5) is 8.78 Å². The Bertz CT molecular complexity index is 913. The first kappa shape index (κ1) is 16.5. The molecule has 128 valence electrons. The average molecular weight is 345 g/mol. The number of carbonyl (C=O) groups is 1. The van der Waals surface area contributed by atoms with Gasteiger partial charge >= 0.3 is 0 Å². The van der Waals surface area contributed by atoms with E-state index in [0.29, 0.717) is 11.3 Å². The van der Waals surface area contributed by atoms with Crippen molar-refractivity contribution in [1.82, 2.24) is 25.5 Å². The van der Waals surface area contributed by atoms with Crippen molar-refractivity contribution in [3.8, 4) is 11.4 Å². The van der Waals surface area contributed by atoms with E-state index < -0.39 is 11.6 Å². The predicted octanol–water partition coefficient (Wildman–Crippen LogP) is 1.88. The zero-order valence-electron chi connectivity index (χ0n) is 13.1. The Labute approximate surface area is 141 Å². The third-order valence-electron chi connectivity index (χ3n) is 3.42. The first-order chi connectivity index (χ1) is 12.1. The first-order valence-corrected chi connectivity index (χ1v) is 7.23. The fourth-order valence-electron chi connectivity index (χ4n) is 2.16. The second kappa shape index (κ2) is 7.04. The molecule has 0 saturated heterocycles. The van der Waals surface area contributed by atoms with Gasteiger partial charge in [-0.15, -0.1) is 5.10 Å². The Morgan fingerprint density at radius 1 is 1.20 bits per heavy atom. The maximum absolute atomic E-state index is 13.4. The van der Waals surface area contributed by atoms with Gasteiger partial charge < -0.3 is 10.1 Å². The number of nitrogens with one attached hydrogen (secondary N) is 1. The molecule has 0 radical (unpaired) electrons. The molecule has 1 aromatic heterocycles. The molecule has 1 N–H and O–H groups in total. The molecule has 0 saturated carbocycles. The number of benzene rings is 2. The van der Waals surface area contributed by atoms with Gasteiger partial charge in [0.1, 0.15) is 5.75 Å². The first-order valence-electron chi connectivity index (χ1n) is 7.23. The average Bonchev–Trinajstić information content (AvgIpc) is 3.10. The summed E-state index contributed by atoms with van der Waals surface area (Å²) in [5.41, 5.74) is 0.653. The zero-order valence-corrected chi connectivity index (χ0v) is 13.1. The van der Waals surface area contributed by atoms with E-state index in [-0.39, 0.29) is 24.0 Å². The summed E-state index contributed by atoms with van der Waals surface area (Å²) in [5, 5.41) is 13.7. The van der Waals surface area contributed by atoms with Crippen molar-refractivity contribution in [1.29, 1.82) is 0 Å². The van der Waals surface area contributed by atoms with Crippen LogP contribution in [0.3, 0.4) is 0 Å². The quantitative estimate of drug-likeness (QED) is 0.763. The highest BCUT2D eigenvalue weighted by molar-refractivity contribution is 5.94. The Balaban J connectivity index is 1.75. The molecular weight excluding hydrogens is 332 g/mol. The van der Waals surface area contributed by atoms with Gasteiger partial charge in [0.2, 0.25) is 0 Å². The van der Waals surface area contributed by atoms with Crippen molar-refractivity contribution in [3.63, 3.8) is 0 Å². The molecule has 0 aliphatic carbocycles. The van der Waals surface area contributed by atoms with Gasteiger partial charge in [0.25, 0.3) is 5.91 Å². The van der Waals surface area contributed by atoms with E-state index in [2.05, 4.69) is 20.8 Å². The molecule has 0 spiro atoms. The minimum Gasteiger partial charge on any atom is -0.497 e. The van der Waals surface area contributed by atoms with Crippen LogP contribution in [0.1, 0.15) is 16.2 Å². The lowest BCUT2D eigenvalue weighted by Gasteiger charge is -2.07. The summed E-state index contributed by atoms with van der Waals surface area (Å²) in [4.78, 5) is 12.2. The molecule has 9 heteroatoms. The van der Waals surface area contributed by atoms with Crippen molar-refractivity contribution in [3.05, 3.63) is 65.5 Å².